The molecule has 3 N–H and O–H groups in total. The number of amides is 1. The van der Waals surface area contributed by atoms with Crippen molar-refractivity contribution in [2.24, 2.45) is 5.73 Å². The van der Waals surface area contributed by atoms with Crippen molar-refractivity contribution in [1.82, 2.24) is 5.32 Å². The van der Waals surface area contributed by atoms with Gasteiger partial charge in [0, 0.05) is 23.2 Å². The number of hydrogen-bond donors (Lipinski definition) is 2. The summed E-state index contributed by atoms with van der Waals surface area (Å²) in [7, 11) is 0. The van der Waals surface area contributed by atoms with E-state index in [0.29, 0.717) is 23.7 Å². The van der Waals surface area contributed by atoms with E-state index in [-0.39, 0.29) is 18.6 Å². The van der Waals surface area contributed by atoms with E-state index in [9.17, 15) is 4.79 Å². The molecular weight excluding hydrogens is 252 g/mol. The Morgan fingerprint density at radius 1 is 1.56 bits per heavy atom. The second-order valence-corrected chi connectivity index (χ2v) is 4.55. The van der Waals surface area contributed by atoms with Crippen LogP contribution in [0.25, 0.3) is 0 Å². The van der Waals surface area contributed by atoms with Crippen molar-refractivity contribution in [2.45, 2.75) is 26.3 Å². The van der Waals surface area contributed by atoms with Gasteiger partial charge in [0.05, 0.1) is 0 Å². The molecule has 0 fully saturated rings. The molecule has 5 heteroatoms. The lowest BCUT2D eigenvalue weighted by Gasteiger charge is -2.14. The van der Waals surface area contributed by atoms with Gasteiger partial charge in [-0.3, -0.25) is 4.79 Å². The molecule has 0 saturated heterocycles. The fraction of sp³-hybridized carbons (Fsp3) is 0.462. The summed E-state index contributed by atoms with van der Waals surface area (Å²) in [5.41, 5.74) is 6.62. The van der Waals surface area contributed by atoms with Crippen LogP contribution in [-0.4, -0.2) is 25.1 Å². The molecule has 0 spiro atoms. The van der Waals surface area contributed by atoms with Crippen LogP contribution in [0.5, 0.6) is 5.75 Å². The Labute approximate surface area is 112 Å². The van der Waals surface area contributed by atoms with Gasteiger partial charge in [0.1, 0.15) is 5.75 Å². The van der Waals surface area contributed by atoms with Crippen molar-refractivity contribution >= 4 is 17.5 Å². The number of carbonyl (C=O) groups is 1. The third-order valence-electron chi connectivity index (χ3n) is 2.33. The van der Waals surface area contributed by atoms with E-state index in [1.54, 1.807) is 18.2 Å². The van der Waals surface area contributed by atoms with Crippen molar-refractivity contribution in [3.8, 4) is 5.75 Å². The van der Waals surface area contributed by atoms with Crippen molar-refractivity contribution in [3.05, 3.63) is 28.8 Å². The molecule has 0 aliphatic heterocycles. The van der Waals surface area contributed by atoms with E-state index < -0.39 is 0 Å². The maximum Gasteiger partial charge on any atom is 0.257 e. The largest absolute Gasteiger partial charge is 0.483 e. The summed E-state index contributed by atoms with van der Waals surface area (Å²) in [6, 6.07) is 5.36. The smallest absolute Gasteiger partial charge is 0.257 e. The standard InChI is InChI=1S/C13H19ClN2O2/c1-3-16-13(17)8-18-12-6-4-5-11(14)10(12)7-9(2)15/h4-6,9H,3,7-8,15H2,1-2H3,(H,16,17). The van der Waals surface area contributed by atoms with Gasteiger partial charge in [-0.1, -0.05) is 17.7 Å². The van der Waals surface area contributed by atoms with Crippen LogP contribution in [0.4, 0.5) is 0 Å². The zero-order valence-electron chi connectivity index (χ0n) is 10.7. The number of nitrogens with two attached hydrogens (primary N) is 1. The molecule has 0 aromatic heterocycles. The highest BCUT2D eigenvalue weighted by atomic mass is 35.5. The highest BCUT2D eigenvalue weighted by molar-refractivity contribution is 6.31. The van der Waals surface area contributed by atoms with Crippen LogP contribution in [0.3, 0.4) is 0 Å². The summed E-state index contributed by atoms with van der Waals surface area (Å²) in [6.07, 6.45) is 0.615. The van der Waals surface area contributed by atoms with Gasteiger partial charge >= 0.3 is 0 Å². The quantitative estimate of drug-likeness (QED) is 0.828. The molecule has 1 unspecified atom stereocenters. The summed E-state index contributed by atoms with van der Waals surface area (Å²) >= 11 is 6.11. The number of likely N-dealkylation sites (N-methyl/N-ethyl adjacent to an activating group) is 1. The summed E-state index contributed by atoms with van der Waals surface area (Å²) in [4.78, 5) is 11.3. The van der Waals surface area contributed by atoms with Gasteiger partial charge in [0.15, 0.2) is 6.61 Å². The first kappa shape index (κ1) is 14.8. The van der Waals surface area contributed by atoms with E-state index in [0.717, 1.165) is 5.56 Å². The van der Waals surface area contributed by atoms with Gasteiger partial charge in [-0.2, -0.15) is 0 Å². The minimum absolute atomic E-state index is 0.0138. The SMILES string of the molecule is CCNC(=O)COc1cccc(Cl)c1CC(C)N. The molecule has 100 valence electrons. The maximum atomic E-state index is 11.3. The zero-order chi connectivity index (χ0) is 13.5. The van der Waals surface area contributed by atoms with Gasteiger partial charge in [-0.15, -0.1) is 0 Å². The summed E-state index contributed by atoms with van der Waals surface area (Å²) in [6.45, 7) is 4.33. The van der Waals surface area contributed by atoms with Gasteiger partial charge in [-0.05, 0) is 32.4 Å². The number of carbonyl (C=O) groups excluding carboxylic acids is 1. The van der Waals surface area contributed by atoms with E-state index in [4.69, 9.17) is 22.1 Å². The van der Waals surface area contributed by atoms with Gasteiger partial charge in [0.25, 0.3) is 5.91 Å². The Morgan fingerprint density at radius 2 is 2.28 bits per heavy atom. The third kappa shape index (κ3) is 4.55. The minimum Gasteiger partial charge on any atom is -0.483 e. The molecular formula is C13H19ClN2O2. The van der Waals surface area contributed by atoms with E-state index >= 15 is 0 Å². The van der Waals surface area contributed by atoms with Crippen molar-refractivity contribution in [1.29, 1.82) is 0 Å². The lowest BCUT2D eigenvalue weighted by atomic mass is 10.1. The molecule has 1 aromatic rings. The monoisotopic (exact) mass is 270 g/mol. The number of nitrogens with one attached hydrogen (secondary N) is 1. The minimum atomic E-state index is -0.149. The normalized spacial score (nSPS) is 12.0. The Morgan fingerprint density at radius 3 is 2.89 bits per heavy atom. The molecule has 1 aromatic carbocycles. The molecule has 18 heavy (non-hydrogen) atoms. The number of hydrogen-bond acceptors (Lipinski definition) is 3. The second-order valence-electron chi connectivity index (χ2n) is 4.14. The Hall–Kier alpha value is -1.26. The molecule has 0 aliphatic carbocycles. The molecule has 0 bridgehead atoms. The first-order chi connectivity index (χ1) is 8.54. The topological polar surface area (TPSA) is 64.3 Å². The molecule has 0 radical (unpaired) electrons. The molecule has 1 rings (SSSR count). The molecule has 0 heterocycles. The van der Waals surface area contributed by atoms with Crippen LogP contribution in [0.1, 0.15) is 19.4 Å². The summed E-state index contributed by atoms with van der Waals surface area (Å²) in [5, 5.41) is 3.28. The zero-order valence-corrected chi connectivity index (χ0v) is 11.5. The van der Waals surface area contributed by atoms with E-state index in [1.165, 1.54) is 0 Å². The lowest BCUT2D eigenvalue weighted by molar-refractivity contribution is -0.122. The average Bonchev–Trinajstić information content (AvgIpc) is 2.30. The van der Waals surface area contributed by atoms with Crippen LogP contribution in [-0.2, 0) is 11.2 Å². The Bertz CT molecular complexity index is 408. The van der Waals surface area contributed by atoms with Gasteiger partial charge < -0.3 is 15.8 Å². The highest BCUT2D eigenvalue weighted by Crippen LogP contribution is 2.27. The Kier molecular flexibility index (Phi) is 5.95. The second kappa shape index (κ2) is 7.24. The summed E-state index contributed by atoms with van der Waals surface area (Å²) < 4.78 is 5.48. The van der Waals surface area contributed by atoms with E-state index in [2.05, 4.69) is 5.32 Å². The summed E-state index contributed by atoms with van der Waals surface area (Å²) in [5.74, 6) is 0.468. The molecule has 0 saturated carbocycles. The average molecular weight is 271 g/mol. The number of halogens is 1. The van der Waals surface area contributed by atoms with Crippen LogP contribution in [0, 0.1) is 0 Å². The van der Waals surface area contributed by atoms with Crippen molar-refractivity contribution < 1.29 is 9.53 Å². The predicted molar refractivity (Wildman–Crippen MR) is 73.0 cm³/mol. The van der Waals surface area contributed by atoms with Crippen LogP contribution in [0.15, 0.2) is 18.2 Å². The highest BCUT2D eigenvalue weighted by Gasteiger charge is 2.11. The van der Waals surface area contributed by atoms with Crippen LogP contribution < -0.4 is 15.8 Å². The van der Waals surface area contributed by atoms with Crippen molar-refractivity contribution in [2.75, 3.05) is 13.2 Å². The number of ether oxygens (including phenoxy) is 1. The van der Waals surface area contributed by atoms with Gasteiger partial charge in [0.2, 0.25) is 0 Å². The van der Waals surface area contributed by atoms with Crippen LogP contribution in [0.2, 0.25) is 5.02 Å². The number of rotatable bonds is 6. The van der Waals surface area contributed by atoms with E-state index in [1.807, 2.05) is 13.8 Å². The fourth-order valence-electron chi connectivity index (χ4n) is 1.59. The van der Waals surface area contributed by atoms with Gasteiger partial charge in [-0.25, -0.2) is 0 Å². The molecule has 1 atom stereocenters. The first-order valence-corrected chi connectivity index (χ1v) is 6.34. The van der Waals surface area contributed by atoms with Crippen molar-refractivity contribution in [3.63, 3.8) is 0 Å². The maximum absolute atomic E-state index is 11.3. The third-order valence-corrected chi connectivity index (χ3v) is 2.69. The lowest BCUT2D eigenvalue weighted by Crippen LogP contribution is -2.28. The Balaban J connectivity index is 2.75. The predicted octanol–water partition coefficient (Wildman–Crippen LogP) is 1.74. The molecule has 0 aliphatic rings. The number of benzene rings is 1. The molecule has 1 amide bonds. The first-order valence-electron chi connectivity index (χ1n) is 5.97. The molecule has 4 nitrogen and oxygen atoms in total. The fourth-order valence-corrected chi connectivity index (χ4v) is 1.83. The van der Waals surface area contributed by atoms with Crippen LogP contribution >= 0.6 is 11.6 Å².